The molecule has 1 fully saturated rings. The Morgan fingerprint density at radius 1 is 1.26 bits per heavy atom. The molecule has 0 saturated heterocycles. The van der Waals surface area contributed by atoms with E-state index >= 15 is 0 Å². The summed E-state index contributed by atoms with van der Waals surface area (Å²) in [5.74, 6) is 0.999. The average Bonchev–Trinajstić information content (AvgIpc) is 3.25. The van der Waals surface area contributed by atoms with Crippen molar-refractivity contribution < 1.29 is 4.74 Å². The number of ether oxygens (including phenoxy) is 1. The lowest BCUT2D eigenvalue weighted by atomic mass is 10.2. The van der Waals surface area contributed by atoms with Crippen molar-refractivity contribution in [2.24, 2.45) is 0 Å². The van der Waals surface area contributed by atoms with Crippen LogP contribution in [0.25, 0.3) is 0 Å². The molecule has 0 bridgehead atoms. The molecule has 3 nitrogen and oxygen atoms in total. The van der Waals surface area contributed by atoms with Crippen molar-refractivity contribution in [3.63, 3.8) is 0 Å². The predicted molar refractivity (Wildman–Crippen MR) is 78.4 cm³/mol. The van der Waals surface area contributed by atoms with E-state index in [0.29, 0.717) is 0 Å². The second kappa shape index (κ2) is 8.16. The maximum absolute atomic E-state index is 5.89. The molecule has 0 unspecified atom stereocenters. The smallest absolute Gasteiger partial charge is 0.126 e. The second-order valence-corrected chi connectivity index (χ2v) is 5.40. The SMILES string of the molecule is CCCCCCCOc1ccncc1CNC1CC1. The molecule has 1 aromatic rings. The van der Waals surface area contributed by atoms with Crippen LogP contribution in [-0.4, -0.2) is 17.6 Å². The van der Waals surface area contributed by atoms with E-state index in [2.05, 4.69) is 17.2 Å². The number of pyridine rings is 1. The lowest BCUT2D eigenvalue weighted by Crippen LogP contribution is -2.16. The van der Waals surface area contributed by atoms with Gasteiger partial charge in [0, 0.05) is 30.5 Å². The molecule has 1 aliphatic rings. The Labute approximate surface area is 116 Å². The largest absolute Gasteiger partial charge is 0.493 e. The third kappa shape index (κ3) is 5.60. The Balaban J connectivity index is 1.68. The van der Waals surface area contributed by atoms with Gasteiger partial charge in [-0.25, -0.2) is 0 Å². The third-order valence-corrected chi connectivity index (χ3v) is 3.52. The van der Waals surface area contributed by atoms with Crippen molar-refractivity contribution in [1.82, 2.24) is 10.3 Å². The standard InChI is InChI=1S/C16H26N2O/c1-2-3-4-5-6-11-19-16-9-10-17-12-14(16)13-18-15-7-8-15/h9-10,12,15,18H,2-8,11,13H2,1H3. The number of rotatable bonds is 10. The van der Waals surface area contributed by atoms with Gasteiger partial charge in [0.25, 0.3) is 0 Å². The highest BCUT2D eigenvalue weighted by Crippen LogP contribution is 2.22. The Kier molecular flexibility index (Phi) is 6.15. The number of hydrogen-bond acceptors (Lipinski definition) is 3. The summed E-state index contributed by atoms with van der Waals surface area (Å²) >= 11 is 0. The molecule has 1 aromatic heterocycles. The first-order valence-corrected chi connectivity index (χ1v) is 7.69. The number of hydrogen-bond donors (Lipinski definition) is 1. The summed E-state index contributed by atoms with van der Waals surface area (Å²) in [6.45, 7) is 3.94. The van der Waals surface area contributed by atoms with Crippen molar-refractivity contribution in [3.05, 3.63) is 24.0 Å². The Morgan fingerprint density at radius 2 is 2.11 bits per heavy atom. The van der Waals surface area contributed by atoms with E-state index in [-0.39, 0.29) is 0 Å². The van der Waals surface area contributed by atoms with Crippen LogP contribution in [0.3, 0.4) is 0 Å². The van der Waals surface area contributed by atoms with Gasteiger partial charge in [-0.05, 0) is 25.3 Å². The van der Waals surface area contributed by atoms with Crippen molar-refractivity contribution >= 4 is 0 Å². The average molecular weight is 262 g/mol. The number of aromatic nitrogens is 1. The Morgan fingerprint density at radius 3 is 2.89 bits per heavy atom. The van der Waals surface area contributed by atoms with Gasteiger partial charge >= 0.3 is 0 Å². The molecule has 0 spiro atoms. The minimum Gasteiger partial charge on any atom is -0.493 e. The first kappa shape index (κ1) is 14.3. The third-order valence-electron chi connectivity index (χ3n) is 3.52. The lowest BCUT2D eigenvalue weighted by molar-refractivity contribution is 0.300. The van der Waals surface area contributed by atoms with E-state index in [1.54, 1.807) is 0 Å². The number of unbranched alkanes of at least 4 members (excludes halogenated alkanes) is 4. The van der Waals surface area contributed by atoms with Gasteiger partial charge in [0.15, 0.2) is 0 Å². The van der Waals surface area contributed by atoms with Crippen LogP contribution in [-0.2, 0) is 6.54 Å². The first-order valence-electron chi connectivity index (χ1n) is 7.69. The van der Waals surface area contributed by atoms with Crippen molar-refractivity contribution in [1.29, 1.82) is 0 Å². The molecule has 1 aliphatic carbocycles. The summed E-state index contributed by atoms with van der Waals surface area (Å²) in [5, 5.41) is 3.51. The van der Waals surface area contributed by atoms with Crippen LogP contribution in [0.1, 0.15) is 57.4 Å². The molecule has 106 valence electrons. The fourth-order valence-corrected chi connectivity index (χ4v) is 2.12. The normalized spacial score (nSPS) is 14.6. The summed E-state index contributed by atoms with van der Waals surface area (Å²) in [6, 6.07) is 2.71. The molecule has 1 heterocycles. The van der Waals surface area contributed by atoms with Gasteiger partial charge < -0.3 is 10.1 Å². The molecule has 1 N–H and O–H groups in total. The van der Waals surface area contributed by atoms with Gasteiger partial charge in [-0.3, -0.25) is 4.98 Å². The molecule has 0 aliphatic heterocycles. The van der Waals surface area contributed by atoms with E-state index in [1.807, 2.05) is 18.5 Å². The van der Waals surface area contributed by atoms with E-state index < -0.39 is 0 Å². The molecular weight excluding hydrogens is 236 g/mol. The van der Waals surface area contributed by atoms with Crippen LogP contribution >= 0.6 is 0 Å². The highest BCUT2D eigenvalue weighted by atomic mass is 16.5. The molecule has 1 saturated carbocycles. The molecule has 0 atom stereocenters. The summed E-state index contributed by atoms with van der Waals surface area (Å²) in [6.07, 6.45) is 12.7. The topological polar surface area (TPSA) is 34.1 Å². The minimum atomic E-state index is 0.724. The summed E-state index contributed by atoms with van der Waals surface area (Å²) in [7, 11) is 0. The highest BCUT2D eigenvalue weighted by molar-refractivity contribution is 5.30. The maximum Gasteiger partial charge on any atom is 0.126 e. The van der Waals surface area contributed by atoms with Crippen LogP contribution in [0.15, 0.2) is 18.5 Å². The van der Waals surface area contributed by atoms with Crippen LogP contribution in [0, 0.1) is 0 Å². The molecule has 3 heteroatoms. The monoisotopic (exact) mass is 262 g/mol. The molecule has 19 heavy (non-hydrogen) atoms. The van der Waals surface area contributed by atoms with Gasteiger partial charge in [-0.2, -0.15) is 0 Å². The van der Waals surface area contributed by atoms with Gasteiger partial charge in [0.1, 0.15) is 5.75 Å². The van der Waals surface area contributed by atoms with E-state index in [4.69, 9.17) is 4.74 Å². The predicted octanol–water partition coefficient (Wildman–Crippen LogP) is 3.68. The fraction of sp³-hybridized carbons (Fsp3) is 0.688. The maximum atomic E-state index is 5.89. The second-order valence-electron chi connectivity index (χ2n) is 5.40. The quantitative estimate of drug-likeness (QED) is 0.653. The first-order chi connectivity index (χ1) is 9.40. The Bertz CT molecular complexity index is 364. The van der Waals surface area contributed by atoms with Crippen molar-refractivity contribution in [3.8, 4) is 5.75 Å². The van der Waals surface area contributed by atoms with E-state index in [9.17, 15) is 0 Å². The van der Waals surface area contributed by atoms with Crippen molar-refractivity contribution in [2.45, 2.75) is 64.5 Å². The van der Waals surface area contributed by atoms with Gasteiger partial charge in [0.05, 0.1) is 6.61 Å². The van der Waals surface area contributed by atoms with Crippen LogP contribution in [0.4, 0.5) is 0 Å². The highest BCUT2D eigenvalue weighted by Gasteiger charge is 2.20. The van der Waals surface area contributed by atoms with E-state index in [1.165, 1.54) is 44.1 Å². The summed E-state index contributed by atoms with van der Waals surface area (Å²) in [4.78, 5) is 4.19. The minimum absolute atomic E-state index is 0.724. The van der Waals surface area contributed by atoms with Crippen molar-refractivity contribution in [2.75, 3.05) is 6.61 Å². The zero-order chi connectivity index (χ0) is 13.3. The lowest BCUT2D eigenvalue weighted by Gasteiger charge is -2.11. The summed E-state index contributed by atoms with van der Waals surface area (Å²) in [5.41, 5.74) is 1.18. The molecule has 0 radical (unpaired) electrons. The zero-order valence-corrected chi connectivity index (χ0v) is 12.0. The molecular formula is C16H26N2O. The zero-order valence-electron chi connectivity index (χ0n) is 12.0. The summed E-state index contributed by atoms with van der Waals surface area (Å²) < 4.78 is 5.89. The van der Waals surface area contributed by atoms with Gasteiger partial charge in [-0.15, -0.1) is 0 Å². The number of nitrogens with one attached hydrogen (secondary N) is 1. The van der Waals surface area contributed by atoms with Crippen LogP contribution < -0.4 is 10.1 Å². The van der Waals surface area contributed by atoms with Gasteiger partial charge in [0.2, 0.25) is 0 Å². The molecule has 0 amide bonds. The number of nitrogens with zero attached hydrogens (tertiary/aromatic N) is 1. The van der Waals surface area contributed by atoms with E-state index in [0.717, 1.165) is 31.4 Å². The fourth-order valence-electron chi connectivity index (χ4n) is 2.12. The molecule has 0 aromatic carbocycles. The Hall–Kier alpha value is -1.09. The molecule has 2 rings (SSSR count). The van der Waals surface area contributed by atoms with Gasteiger partial charge in [-0.1, -0.05) is 32.6 Å². The van der Waals surface area contributed by atoms with Crippen LogP contribution in [0.2, 0.25) is 0 Å². The van der Waals surface area contributed by atoms with Crippen LogP contribution in [0.5, 0.6) is 5.75 Å².